The largest absolute Gasteiger partial charge is 0.493 e. The first-order valence-corrected chi connectivity index (χ1v) is 6.92. The van der Waals surface area contributed by atoms with Gasteiger partial charge >= 0.3 is 6.18 Å². The first-order valence-electron chi connectivity index (χ1n) is 6.92. The SMILES string of the molecule is O=C(c1cc(OCC2CCCCC2)ccc1F)C(F)(F)F. The predicted octanol–water partition coefficient (Wildman–Crippen LogP) is 4.53. The van der Waals surface area contributed by atoms with Gasteiger partial charge in [0.15, 0.2) is 0 Å². The second-order valence-electron chi connectivity index (χ2n) is 5.28. The molecule has 0 amide bonds. The van der Waals surface area contributed by atoms with Crippen molar-refractivity contribution in [3.63, 3.8) is 0 Å². The summed E-state index contributed by atoms with van der Waals surface area (Å²) in [7, 11) is 0. The molecule has 2 nitrogen and oxygen atoms in total. The van der Waals surface area contributed by atoms with Crippen LogP contribution in [0.2, 0.25) is 0 Å². The quantitative estimate of drug-likeness (QED) is 0.603. The van der Waals surface area contributed by atoms with Crippen LogP contribution in [0.1, 0.15) is 42.5 Å². The van der Waals surface area contributed by atoms with Crippen LogP contribution in [-0.4, -0.2) is 18.6 Å². The standard InChI is InChI=1S/C15H16F4O2/c16-13-7-6-11(8-12(13)14(20)15(17,18)19)21-9-10-4-2-1-3-5-10/h6-8,10H,1-5,9H2. The summed E-state index contributed by atoms with van der Waals surface area (Å²) in [5.41, 5.74) is -0.997. The molecule has 0 saturated heterocycles. The van der Waals surface area contributed by atoms with Gasteiger partial charge in [-0.2, -0.15) is 13.2 Å². The molecule has 0 spiro atoms. The second-order valence-corrected chi connectivity index (χ2v) is 5.28. The number of carbonyl (C=O) groups excluding carboxylic acids is 1. The highest BCUT2D eigenvalue weighted by atomic mass is 19.4. The summed E-state index contributed by atoms with van der Waals surface area (Å²) >= 11 is 0. The van der Waals surface area contributed by atoms with Gasteiger partial charge in [0.05, 0.1) is 12.2 Å². The Labute approximate surface area is 120 Å². The molecule has 1 aliphatic carbocycles. The summed E-state index contributed by atoms with van der Waals surface area (Å²) in [6, 6.07) is 2.90. The summed E-state index contributed by atoms with van der Waals surface area (Å²) in [6.07, 6.45) is 0.385. The van der Waals surface area contributed by atoms with Crippen molar-refractivity contribution in [1.29, 1.82) is 0 Å². The molecule has 1 saturated carbocycles. The molecule has 1 aliphatic rings. The number of benzene rings is 1. The third-order valence-electron chi connectivity index (χ3n) is 3.65. The number of ether oxygens (including phenoxy) is 1. The van der Waals surface area contributed by atoms with E-state index in [-0.39, 0.29) is 5.75 Å². The van der Waals surface area contributed by atoms with Gasteiger partial charge in [0.2, 0.25) is 0 Å². The molecule has 1 fully saturated rings. The first kappa shape index (κ1) is 15.8. The maximum Gasteiger partial charge on any atom is 0.454 e. The van der Waals surface area contributed by atoms with Gasteiger partial charge in [-0.3, -0.25) is 4.79 Å². The molecular weight excluding hydrogens is 288 g/mol. The lowest BCUT2D eigenvalue weighted by Gasteiger charge is -2.21. The fourth-order valence-electron chi connectivity index (χ4n) is 2.49. The molecule has 6 heteroatoms. The van der Waals surface area contributed by atoms with Crippen LogP contribution in [0, 0.1) is 11.7 Å². The minimum atomic E-state index is -5.09. The van der Waals surface area contributed by atoms with Crippen molar-refractivity contribution in [1.82, 2.24) is 0 Å². The van der Waals surface area contributed by atoms with E-state index in [2.05, 4.69) is 0 Å². The number of alkyl halides is 3. The molecule has 0 aliphatic heterocycles. The first-order chi connectivity index (χ1) is 9.88. The van der Waals surface area contributed by atoms with E-state index < -0.39 is 23.3 Å². The van der Waals surface area contributed by atoms with Gasteiger partial charge in [-0.1, -0.05) is 19.3 Å². The molecule has 0 N–H and O–H groups in total. The Morgan fingerprint density at radius 2 is 1.86 bits per heavy atom. The molecule has 0 aromatic heterocycles. The monoisotopic (exact) mass is 304 g/mol. The van der Waals surface area contributed by atoms with E-state index in [1.165, 1.54) is 12.5 Å². The molecule has 0 radical (unpaired) electrons. The van der Waals surface area contributed by atoms with Crippen LogP contribution in [0.25, 0.3) is 0 Å². The third-order valence-corrected chi connectivity index (χ3v) is 3.65. The van der Waals surface area contributed by atoms with Crippen molar-refractivity contribution in [3.8, 4) is 5.75 Å². The number of carbonyl (C=O) groups is 1. The van der Waals surface area contributed by atoms with Crippen molar-refractivity contribution in [2.45, 2.75) is 38.3 Å². The molecule has 2 rings (SSSR count). The highest BCUT2D eigenvalue weighted by molar-refractivity contribution is 6.00. The number of hydrogen-bond acceptors (Lipinski definition) is 2. The molecule has 0 bridgehead atoms. The summed E-state index contributed by atoms with van der Waals surface area (Å²) in [4.78, 5) is 11.1. The summed E-state index contributed by atoms with van der Waals surface area (Å²) in [5, 5.41) is 0. The number of hydrogen-bond donors (Lipinski definition) is 0. The van der Waals surface area contributed by atoms with Crippen molar-refractivity contribution in [2.24, 2.45) is 5.92 Å². The lowest BCUT2D eigenvalue weighted by Crippen LogP contribution is -2.24. The summed E-state index contributed by atoms with van der Waals surface area (Å²) in [6.45, 7) is 0.380. The van der Waals surface area contributed by atoms with Crippen molar-refractivity contribution in [3.05, 3.63) is 29.6 Å². The van der Waals surface area contributed by atoms with Crippen molar-refractivity contribution < 1.29 is 27.1 Å². The van der Waals surface area contributed by atoms with Crippen LogP contribution in [0.15, 0.2) is 18.2 Å². The van der Waals surface area contributed by atoms with Gasteiger partial charge in [0, 0.05) is 0 Å². The predicted molar refractivity (Wildman–Crippen MR) is 68.9 cm³/mol. The molecule has 1 aromatic rings. The van der Waals surface area contributed by atoms with Gasteiger partial charge in [0.1, 0.15) is 11.6 Å². The van der Waals surface area contributed by atoms with E-state index in [0.717, 1.165) is 37.8 Å². The van der Waals surface area contributed by atoms with Crippen LogP contribution < -0.4 is 4.74 Å². The zero-order valence-corrected chi connectivity index (χ0v) is 11.4. The topological polar surface area (TPSA) is 26.3 Å². The highest BCUT2D eigenvalue weighted by Gasteiger charge is 2.40. The minimum Gasteiger partial charge on any atom is -0.493 e. The molecule has 21 heavy (non-hydrogen) atoms. The van der Waals surface area contributed by atoms with Crippen molar-refractivity contribution >= 4 is 5.78 Å². The van der Waals surface area contributed by atoms with E-state index in [4.69, 9.17) is 4.74 Å². The normalized spacial score (nSPS) is 16.8. The minimum absolute atomic E-state index is 0.0922. The number of halogens is 4. The Morgan fingerprint density at radius 3 is 2.48 bits per heavy atom. The van der Waals surface area contributed by atoms with Crippen LogP contribution in [-0.2, 0) is 0 Å². The van der Waals surface area contributed by atoms with Gasteiger partial charge in [-0.25, -0.2) is 4.39 Å². The smallest absolute Gasteiger partial charge is 0.454 e. The fourth-order valence-corrected chi connectivity index (χ4v) is 2.49. The Balaban J connectivity index is 2.06. The summed E-state index contributed by atoms with van der Waals surface area (Å²) in [5.74, 6) is -2.93. The van der Waals surface area contributed by atoms with Gasteiger partial charge < -0.3 is 4.74 Å². The lowest BCUT2D eigenvalue weighted by atomic mass is 9.90. The molecule has 0 heterocycles. The zero-order valence-electron chi connectivity index (χ0n) is 11.4. The average Bonchev–Trinajstić information content (AvgIpc) is 2.46. The Bertz CT molecular complexity index is 505. The molecule has 116 valence electrons. The second kappa shape index (κ2) is 6.45. The molecular formula is C15H16F4O2. The van der Waals surface area contributed by atoms with Gasteiger partial charge in [0.25, 0.3) is 5.78 Å². The Morgan fingerprint density at radius 1 is 1.19 bits per heavy atom. The maximum atomic E-state index is 13.4. The summed E-state index contributed by atoms with van der Waals surface area (Å²) < 4.78 is 55.9. The van der Waals surface area contributed by atoms with E-state index in [1.54, 1.807) is 0 Å². The molecule has 0 atom stereocenters. The van der Waals surface area contributed by atoms with Crippen LogP contribution in [0.3, 0.4) is 0 Å². The highest BCUT2D eigenvalue weighted by Crippen LogP contribution is 2.28. The van der Waals surface area contributed by atoms with Crippen LogP contribution >= 0.6 is 0 Å². The molecule has 1 aromatic carbocycles. The zero-order chi connectivity index (χ0) is 15.5. The molecule has 0 unspecified atom stereocenters. The van der Waals surface area contributed by atoms with Crippen LogP contribution in [0.4, 0.5) is 17.6 Å². The fraction of sp³-hybridized carbons (Fsp3) is 0.533. The number of rotatable bonds is 4. The Hall–Kier alpha value is -1.59. The van der Waals surface area contributed by atoms with Gasteiger partial charge in [-0.15, -0.1) is 0 Å². The third kappa shape index (κ3) is 4.19. The van der Waals surface area contributed by atoms with E-state index >= 15 is 0 Å². The van der Waals surface area contributed by atoms with E-state index in [9.17, 15) is 22.4 Å². The van der Waals surface area contributed by atoms with E-state index in [0.29, 0.717) is 12.5 Å². The average molecular weight is 304 g/mol. The number of Topliss-reactive ketones (excluding diaryl/α,β-unsaturated/α-hetero) is 1. The van der Waals surface area contributed by atoms with Gasteiger partial charge in [-0.05, 0) is 37.0 Å². The lowest BCUT2D eigenvalue weighted by molar-refractivity contribution is -0.0887. The maximum absolute atomic E-state index is 13.4. The van der Waals surface area contributed by atoms with E-state index in [1.807, 2.05) is 0 Å². The number of ketones is 1. The van der Waals surface area contributed by atoms with Crippen molar-refractivity contribution in [2.75, 3.05) is 6.61 Å². The van der Waals surface area contributed by atoms with Crippen LogP contribution in [0.5, 0.6) is 5.75 Å². The Kier molecular flexibility index (Phi) is 4.85.